The van der Waals surface area contributed by atoms with Crippen molar-refractivity contribution >= 4 is 33.4 Å². The zero-order valence-electron chi connectivity index (χ0n) is 15.8. The molecular formula is C18H16BrF3N6O2. The number of benzene rings is 1. The number of aryl methyl sites for hydroxylation is 1. The Balaban J connectivity index is 1.93. The summed E-state index contributed by atoms with van der Waals surface area (Å²) in [5, 5.41) is 6.16. The van der Waals surface area contributed by atoms with E-state index in [1.54, 1.807) is 6.92 Å². The van der Waals surface area contributed by atoms with E-state index in [1.807, 2.05) is 0 Å². The molecule has 158 valence electrons. The van der Waals surface area contributed by atoms with Gasteiger partial charge in [-0.15, -0.1) is 0 Å². The number of aromatic nitrogens is 4. The number of nitrogens with two attached hydrogens (primary N) is 1. The van der Waals surface area contributed by atoms with Crippen molar-refractivity contribution in [3.05, 3.63) is 52.1 Å². The minimum Gasteiger partial charge on any atom is -0.366 e. The lowest BCUT2D eigenvalue weighted by Crippen LogP contribution is -2.18. The van der Waals surface area contributed by atoms with Crippen molar-refractivity contribution < 1.29 is 22.8 Å². The molecule has 8 nitrogen and oxygen atoms in total. The Hall–Kier alpha value is -3.15. The maximum Gasteiger partial charge on any atom is 0.435 e. The second kappa shape index (κ2) is 7.94. The van der Waals surface area contributed by atoms with Crippen LogP contribution in [0, 0.1) is 0 Å². The van der Waals surface area contributed by atoms with Crippen LogP contribution in [0.3, 0.4) is 0 Å². The van der Waals surface area contributed by atoms with Gasteiger partial charge in [0.1, 0.15) is 0 Å². The van der Waals surface area contributed by atoms with Gasteiger partial charge in [0, 0.05) is 29.9 Å². The van der Waals surface area contributed by atoms with Crippen molar-refractivity contribution in [3.8, 4) is 11.3 Å². The molecule has 1 aromatic carbocycles. The van der Waals surface area contributed by atoms with Gasteiger partial charge < -0.3 is 15.6 Å². The van der Waals surface area contributed by atoms with E-state index >= 15 is 0 Å². The van der Waals surface area contributed by atoms with Gasteiger partial charge in [-0.3, -0.25) is 14.3 Å². The van der Waals surface area contributed by atoms with Crippen LogP contribution in [0.15, 0.2) is 35.1 Å². The van der Waals surface area contributed by atoms with E-state index < -0.39 is 23.7 Å². The van der Waals surface area contributed by atoms with Gasteiger partial charge in [0.2, 0.25) is 5.91 Å². The Bertz CT molecular complexity index is 1140. The maximum atomic E-state index is 13.4. The molecule has 0 aliphatic heterocycles. The third-order valence-corrected chi connectivity index (χ3v) is 4.97. The molecule has 0 bridgehead atoms. The summed E-state index contributed by atoms with van der Waals surface area (Å²) in [4.78, 5) is 27.9. The van der Waals surface area contributed by atoms with Crippen molar-refractivity contribution in [2.45, 2.75) is 19.6 Å². The van der Waals surface area contributed by atoms with Crippen LogP contribution in [0.1, 0.15) is 33.6 Å². The summed E-state index contributed by atoms with van der Waals surface area (Å²) >= 11 is 3.19. The largest absolute Gasteiger partial charge is 0.435 e. The van der Waals surface area contributed by atoms with E-state index in [2.05, 4.69) is 31.3 Å². The number of amides is 2. The Labute approximate surface area is 177 Å². The first-order chi connectivity index (χ1) is 14.0. The molecule has 3 rings (SSSR count). The average molecular weight is 485 g/mol. The molecule has 0 spiro atoms. The van der Waals surface area contributed by atoms with E-state index in [4.69, 9.17) is 5.73 Å². The molecule has 0 aliphatic carbocycles. The van der Waals surface area contributed by atoms with Crippen molar-refractivity contribution in [3.63, 3.8) is 0 Å². The first kappa shape index (κ1) is 21.6. The van der Waals surface area contributed by atoms with Gasteiger partial charge in [-0.25, -0.2) is 4.98 Å². The molecule has 0 radical (unpaired) electrons. The van der Waals surface area contributed by atoms with Crippen molar-refractivity contribution in [2.24, 2.45) is 12.8 Å². The Morgan fingerprint density at radius 1 is 1.30 bits per heavy atom. The van der Waals surface area contributed by atoms with E-state index in [0.29, 0.717) is 10.2 Å². The summed E-state index contributed by atoms with van der Waals surface area (Å²) in [6.07, 6.45) is -2.20. The standard InChI is InChI=1S/C18H16BrF3N6O2/c1-3-28-8-11(14(26-28)18(20,21)22)13-7-24-16(27(13)2)17(30)25-9-4-5-10(15(23)29)12(19)6-9/h4-8H,3H2,1-2H3,(H2,23,29)(H,25,30). The minimum absolute atomic E-state index is 0.0948. The number of carbonyl (C=O) groups excluding carboxylic acids is 2. The zero-order chi connectivity index (χ0) is 22.2. The second-order valence-electron chi connectivity index (χ2n) is 6.28. The molecule has 3 N–H and O–H groups in total. The number of nitrogens with zero attached hydrogens (tertiary/aromatic N) is 4. The highest BCUT2D eigenvalue weighted by molar-refractivity contribution is 9.10. The first-order valence-corrected chi connectivity index (χ1v) is 9.39. The Morgan fingerprint density at radius 3 is 2.57 bits per heavy atom. The Kier molecular flexibility index (Phi) is 5.70. The number of rotatable bonds is 5. The molecule has 3 aromatic rings. The summed E-state index contributed by atoms with van der Waals surface area (Å²) in [6, 6.07) is 4.38. The molecule has 2 heterocycles. The number of nitrogens with one attached hydrogen (secondary N) is 1. The molecule has 0 saturated heterocycles. The summed E-state index contributed by atoms with van der Waals surface area (Å²) in [5.41, 5.74) is 4.68. The Morgan fingerprint density at radius 2 is 2.00 bits per heavy atom. The number of primary amides is 1. The van der Waals surface area contributed by atoms with Gasteiger partial charge in [-0.05, 0) is 41.1 Å². The van der Waals surface area contributed by atoms with Crippen LogP contribution in [-0.4, -0.2) is 31.1 Å². The lowest BCUT2D eigenvalue weighted by molar-refractivity contribution is -0.141. The van der Waals surface area contributed by atoms with Crippen LogP contribution in [0.25, 0.3) is 11.3 Å². The van der Waals surface area contributed by atoms with Crippen LogP contribution in [0.4, 0.5) is 18.9 Å². The van der Waals surface area contributed by atoms with E-state index in [0.717, 1.165) is 0 Å². The van der Waals surface area contributed by atoms with Gasteiger partial charge >= 0.3 is 6.18 Å². The summed E-state index contributed by atoms with van der Waals surface area (Å²) in [5.74, 6) is -1.38. The minimum atomic E-state index is -4.66. The zero-order valence-corrected chi connectivity index (χ0v) is 17.4. The molecule has 30 heavy (non-hydrogen) atoms. The third-order valence-electron chi connectivity index (χ3n) is 4.31. The van der Waals surface area contributed by atoms with Gasteiger partial charge in [-0.1, -0.05) is 0 Å². The predicted octanol–water partition coefficient (Wildman–Crippen LogP) is 3.44. The lowest BCUT2D eigenvalue weighted by atomic mass is 10.2. The van der Waals surface area contributed by atoms with Crippen LogP contribution in [0.2, 0.25) is 0 Å². The molecule has 0 aliphatic rings. The number of hydrogen-bond acceptors (Lipinski definition) is 4. The quantitative estimate of drug-likeness (QED) is 0.578. The van der Waals surface area contributed by atoms with Gasteiger partial charge in [0.05, 0.1) is 23.0 Å². The molecule has 2 aromatic heterocycles. The highest BCUT2D eigenvalue weighted by Crippen LogP contribution is 2.36. The van der Waals surface area contributed by atoms with E-state index in [1.165, 1.54) is 46.9 Å². The number of halogens is 4. The number of imidazole rings is 1. The predicted molar refractivity (Wildman–Crippen MR) is 106 cm³/mol. The molecule has 0 saturated carbocycles. The molecular weight excluding hydrogens is 469 g/mol. The summed E-state index contributed by atoms with van der Waals surface area (Å²) < 4.78 is 42.9. The van der Waals surface area contributed by atoms with Crippen molar-refractivity contribution in [1.29, 1.82) is 0 Å². The fourth-order valence-corrected chi connectivity index (χ4v) is 3.40. The molecule has 2 amide bonds. The van der Waals surface area contributed by atoms with Gasteiger partial charge in [0.15, 0.2) is 11.5 Å². The number of anilines is 1. The smallest absolute Gasteiger partial charge is 0.366 e. The van der Waals surface area contributed by atoms with Crippen LogP contribution >= 0.6 is 15.9 Å². The second-order valence-corrected chi connectivity index (χ2v) is 7.14. The SMILES string of the molecule is CCn1cc(-c2cnc(C(=O)Nc3ccc(C(N)=O)c(Br)c3)n2C)c(C(F)(F)F)n1. The van der Waals surface area contributed by atoms with Gasteiger partial charge in [0.25, 0.3) is 5.91 Å². The fraction of sp³-hybridized carbons (Fsp3) is 0.222. The summed E-state index contributed by atoms with van der Waals surface area (Å²) in [7, 11) is 1.44. The highest BCUT2D eigenvalue weighted by Gasteiger charge is 2.38. The fourth-order valence-electron chi connectivity index (χ4n) is 2.83. The number of alkyl halides is 3. The average Bonchev–Trinajstić information content (AvgIpc) is 3.24. The molecule has 0 atom stereocenters. The number of carbonyl (C=O) groups is 2. The van der Waals surface area contributed by atoms with E-state index in [9.17, 15) is 22.8 Å². The summed E-state index contributed by atoms with van der Waals surface area (Å²) in [6.45, 7) is 1.92. The maximum absolute atomic E-state index is 13.4. The molecule has 12 heteroatoms. The monoisotopic (exact) mass is 484 g/mol. The normalized spacial score (nSPS) is 11.5. The molecule has 0 unspecified atom stereocenters. The topological polar surface area (TPSA) is 108 Å². The van der Waals surface area contributed by atoms with Crippen LogP contribution in [0.5, 0.6) is 0 Å². The highest BCUT2D eigenvalue weighted by atomic mass is 79.9. The van der Waals surface area contributed by atoms with Crippen LogP contribution < -0.4 is 11.1 Å². The van der Waals surface area contributed by atoms with Gasteiger partial charge in [-0.2, -0.15) is 18.3 Å². The third kappa shape index (κ3) is 4.08. The van der Waals surface area contributed by atoms with Crippen molar-refractivity contribution in [1.82, 2.24) is 19.3 Å². The van der Waals surface area contributed by atoms with E-state index in [-0.39, 0.29) is 29.2 Å². The van der Waals surface area contributed by atoms with Crippen molar-refractivity contribution in [2.75, 3.05) is 5.32 Å². The van der Waals surface area contributed by atoms with Crippen LogP contribution in [-0.2, 0) is 19.8 Å². The first-order valence-electron chi connectivity index (χ1n) is 8.60. The lowest BCUT2D eigenvalue weighted by Gasteiger charge is -2.09. The number of hydrogen-bond donors (Lipinski definition) is 2. The molecule has 0 fully saturated rings.